The summed E-state index contributed by atoms with van der Waals surface area (Å²) in [7, 11) is 0. The molecule has 0 bridgehead atoms. The third kappa shape index (κ3) is 72.4. The van der Waals surface area contributed by atoms with E-state index in [9.17, 15) is 0 Å². The third-order valence-corrected chi connectivity index (χ3v) is 0. The molecular formula is MnNa6S4. The van der Waals surface area contributed by atoms with E-state index in [0.717, 1.165) is 0 Å². The number of rotatable bonds is 0. The largest absolute Gasteiger partial charge is 2.00 e. The van der Waals surface area contributed by atoms with Crippen LogP contribution in [-0.4, -0.2) is 0 Å². The van der Waals surface area contributed by atoms with Gasteiger partial charge in [-0.05, 0) is 0 Å². The van der Waals surface area contributed by atoms with Crippen LogP contribution in [0.4, 0.5) is 0 Å². The molecule has 0 spiro atoms. The Labute approximate surface area is 241 Å². The summed E-state index contributed by atoms with van der Waals surface area (Å²) in [4.78, 5) is 0. The van der Waals surface area contributed by atoms with Gasteiger partial charge in [0.05, 0.1) is 0 Å². The molecule has 0 saturated carbocycles. The predicted molar refractivity (Wildman–Crippen MR) is 29.5 cm³/mol. The zero-order chi connectivity index (χ0) is 0. The molecule has 0 atom stereocenters. The minimum atomic E-state index is 0. The van der Waals surface area contributed by atoms with Crippen molar-refractivity contribution in [1.82, 2.24) is 0 Å². The standard InChI is InChI=1S/Mn.6Na.4S/q+2;6*+1;4*-2. The van der Waals surface area contributed by atoms with E-state index in [2.05, 4.69) is 0 Å². The molecule has 0 aliphatic heterocycles. The molecule has 37 valence electrons. The van der Waals surface area contributed by atoms with Gasteiger partial charge >= 0.3 is 194 Å². The fourth-order valence-corrected chi connectivity index (χ4v) is 0. The second-order valence-corrected chi connectivity index (χ2v) is 0. The Balaban J connectivity index is 0. The average Bonchev–Trinajstić information content (AvgIpc) is 0. The topological polar surface area (TPSA) is 0 Å². The van der Waals surface area contributed by atoms with Crippen molar-refractivity contribution in [2.75, 3.05) is 0 Å². The molecule has 0 rings (SSSR count). The van der Waals surface area contributed by atoms with E-state index >= 15 is 0 Å². The van der Waals surface area contributed by atoms with Crippen molar-refractivity contribution in [3.05, 3.63) is 0 Å². The first-order valence-corrected chi connectivity index (χ1v) is 0. The minimum Gasteiger partial charge on any atom is -2.00 e. The summed E-state index contributed by atoms with van der Waals surface area (Å²) < 4.78 is 0. The van der Waals surface area contributed by atoms with Gasteiger partial charge in [-0.2, -0.15) is 0 Å². The molecule has 1 radical (unpaired) electrons. The van der Waals surface area contributed by atoms with Crippen LogP contribution >= 0.6 is 0 Å². The molecule has 0 aromatic rings. The Bertz CT molecular complexity index is 14.5. The van der Waals surface area contributed by atoms with Crippen molar-refractivity contribution in [3.63, 3.8) is 0 Å². The van der Waals surface area contributed by atoms with Crippen LogP contribution in [0, 0.1) is 0 Å². The van der Waals surface area contributed by atoms with Crippen molar-refractivity contribution in [2.24, 2.45) is 0 Å². The van der Waals surface area contributed by atoms with E-state index in [1.165, 1.54) is 0 Å². The van der Waals surface area contributed by atoms with Crippen LogP contribution in [0.1, 0.15) is 0 Å². The molecule has 0 unspecified atom stereocenters. The minimum absolute atomic E-state index is 0. The van der Waals surface area contributed by atoms with Gasteiger partial charge in [0, 0.05) is 0 Å². The fraction of sp³-hybridized carbons (Fsp3) is 0. The molecule has 0 saturated heterocycles. The summed E-state index contributed by atoms with van der Waals surface area (Å²) in [6, 6.07) is 0. The van der Waals surface area contributed by atoms with Gasteiger partial charge in [-0.25, -0.2) is 0 Å². The molecule has 0 amide bonds. The van der Waals surface area contributed by atoms with Gasteiger partial charge in [0.15, 0.2) is 0 Å². The monoisotopic (exact) mass is 321 g/mol. The summed E-state index contributed by atoms with van der Waals surface area (Å²) in [5.74, 6) is 0. The van der Waals surface area contributed by atoms with Crippen LogP contribution in [0.25, 0.3) is 0 Å². The van der Waals surface area contributed by atoms with E-state index in [-0.39, 0.29) is 248 Å². The number of hydrogen-bond acceptors (Lipinski definition) is 0. The Morgan fingerprint density at radius 3 is 0.273 bits per heavy atom. The Hall–Kier alpha value is 7.92. The summed E-state index contributed by atoms with van der Waals surface area (Å²) in [5.41, 5.74) is 0. The van der Waals surface area contributed by atoms with E-state index in [1.54, 1.807) is 0 Å². The van der Waals surface area contributed by atoms with Crippen molar-refractivity contribution in [3.8, 4) is 0 Å². The summed E-state index contributed by atoms with van der Waals surface area (Å²) in [6.45, 7) is 0. The maximum atomic E-state index is 0. The maximum Gasteiger partial charge on any atom is 2.00 e. The molecular weight excluding hydrogens is 321 g/mol. The number of hydrogen-bond donors (Lipinski definition) is 0. The Morgan fingerprint density at radius 2 is 0.273 bits per heavy atom. The van der Waals surface area contributed by atoms with Crippen LogP contribution in [0.2, 0.25) is 0 Å². The third-order valence-electron chi connectivity index (χ3n) is 0. The first-order chi connectivity index (χ1) is 0. The van der Waals surface area contributed by atoms with E-state index in [4.69, 9.17) is 0 Å². The van der Waals surface area contributed by atoms with Crippen molar-refractivity contribution < 1.29 is 194 Å². The normalized spacial score (nSPS) is 0. The molecule has 0 aromatic heterocycles. The second-order valence-electron chi connectivity index (χ2n) is 0. The van der Waals surface area contributed by atoms with Gasteiger partial charge in [-0.1, -0.05) is 0 Å². The molecule has 0 fully saturated rings. The van der Waals surface area contributed by atoms with Crippen LogP contribution in [0.15, 0.2) is 0 Å². The van der Waals surface area contributed by atoms with Crippen LogP contribution in [0.3, 0.4) is 0 Å². The van der Waals surface area contributed by atoms with Gasteiger partial charge in [0.2, 0.25) is 0 Å². The fourth-order valence-electron chi connectivity index (χ4n) is 0. The molecule has 0 aliphatic carbocycles. The summed E-state index contributed by atoms with van der Waals surface area (Å²) in [6.07, 6.45) is 0. The van der Waals surface area contributed by atoms with Crippen molar-refractivity contribution in [1.29, 1.82) is 0 Å². The van der Waals surface area contributed by atoms with E-state index < -0.39 is 0 Å². The summed E-state index contributed by atoms with van der Waals surface area (Å²) >= 11 is 0. The Kier molecular flexibility index (Phi) is 720. The molecule has 0 N–H and O–H groups in total. The first kappa shape index (κ1) is 96.9. The van der Waals surface area contributed by atoms with Gasteiger partial charge < -0.3 is 54.0 Å². The summed E-state index contributed by atoms with van der Waals surface area (Å²) in [5, 5.41) is 0. The SMILES string of the molecule is [Mn+2].[Na+].[Na+].[Na+].[Na+].[Na+].[Na+].[S-2].[S-2].[S-2].[S-2]. The molecule has 0 aliphatic rings. The van der Waals surface area contributed by atoms with Gasteiger partial charge in [0.25, 0.3) is 0 Å². The zero-order valence-electron chi connectivity index (χ0n) is 8.01. The molecule has 11 heavy (non-hydrogen) atoms. The average molecular weight is 321 g/mol. The quantitative estimate of drug-likeness (QED) is 0.389. The van der Waals surface area contributed by atoms with Crippen LogP contribution in [0.5, 0.6) is 0 Å². The smallest absolute Gasteiger partial charge is 2.00 e. The van der Waals surface area contributed by atoms with Crippen molar-refractivity contribution >= 4 is 54.0 Å². The molecule has 0 nitrogen and oxygen atoms in total. The van der Waals surface area contributed by atoms with Crippen LogP contribution in [-0.2, 0) is 71.1 Å². The van der Waals surface area contributed by atoms with E-state index in [0.29, 0.717) is 0 Å². The molecule has 0 heterocycles. The maximum absolute atomic E-state index is 0. The predicted octanol–water partition coefficient (Wildman–Crippen LogP) is -18.0. The zero-order valence-corrected chi connectivity index (χ0v) is 24.5. The first-order valence-electron chi connectivity index (χ1n) is 0. The van der Waals surface area contributed by atoms with Crippen LogP contribution < -0.4 is 177 Å². The van der Waals surface area contributed by atoms with Gasteiger partial charge in [-0.3, -0.25) is 0 Å². The van der Waals surface area contributed by atoms with Crippen molar-refractivity contribution in [2.45, 2.75) is 0 Å². The molecule has 11 heteroatoms. The molecule has 0 aromatic carbocycles. The van der Waals surface area contributed by atoms with E-state index in [1.807, 2.05) is 0 Å². The van der Waals surface area contributed by atoms with Gasteiger partial charge in [-0.15, -0.1) is 0 Å². The Morgan fingerprint density at radius 1 is 0.273 bits per heavy atom. The van der Waals surface area contributed by atoms with Gasteiger partial charge in [0.1, 0.15) is 0 Å². The second kappa shape index (κ2) is 81.8.